The van der Waals surface area contributed by atoms with Crippen molar-refractivity contribution in [3.8, 4) is 11.5 Å². The number of halogens is 1. The third-order valence-corrected chi connectivity index (χ3v) is 5.17. The second kappa shape index (κ2) is 8.91. The van der Waals surface area contributed by atoms with Crippen LogP contribution in [0.2, 0.25) is 0 Å². The van der Waals surface area contributed by atoms with Crippen molar-refractivity contribution in [3.63, 3.8) is 0 Å². The fourth-order valence-electron chi connectivity index (χ4n) is 3.73. The maximum absolute atomic E-state index is 6.13. The number of aliphatic imine (C=N–C) groups is 2. The first-order chi connectivity index (χ1) is 14.7. The van der Waals surface area contributed by atoms with Crippen LogP contribution in [-0.4, -0.2) is 56.2 Å². The van der Waals surface area contributed by atoms with Crippen LogP contribution in [0.3, 0.4) is 0 Å². The summed E-state index contributed by atoms with van der Waals surface area (Å²) in [4.78, 5) is 13.4. The number of fused-ring (bicyclic) bond motifs is 1. The monoisotopic (exact) mass is 444 g/mol. The third kappa shape index (κ3) is 4.33. The number of hydrogen-bond acceptors (Lipinski definition) is 9. The van der Waals surface area contributed by atoms with E-state index in [1.807, 2.05) is 30.3 Å². The Morgan fingerprint density at radius 3 is 2.68 bits per heavy atom. The number of rotatable bonds is 3. The molecule has 0 aromatic heterocycles. The second-order valence-corrected chi connectivity index (χ2v) is 7.29. The summed E-state index contributed by atoms with van der Waals surface area (Å²) in [6, 6.07) is 14.0. The van der Waals surface area contributed by atoms with E-state index in [1.165, 1.54) is 0 Å². The summed E-state index contributed by atoms with van der Waals surface area (Å²) in [5.74, 6) is 2.43. The van der Waals surface area contributed by atoms with Crippen LogP contribution < -0.4 is 25.4 Å². The topological polar surface area (TPSA) is 96.9 Å². The van der Waals surface area contributed by atoms with Crippen molar-refractivity contribution in [2.75, 3.05) is 43.3 Å². The normalized spacial score (nSPS) is 20.0. The summed E-state index contributed by atoms with van der Waals surface area (Å²) >= 11 is 0. The van der Waals surface area contributed by atoms with Gasteiger partial charge in [0.25, 0.3) is 0 Å². The molecule has 164 valence electrons. The minimum absolute atomic E-state index is 0. The number of guanidine groups is 2. The summed E-state index contributed by atoms with van der Waals surface area (Å²) in [6.45, 7) is 5.08. The van der Waals surface area contributed by atoms with Crippen LogP contribution in [0, 0.1) is 6.92 Å². The van der Waals surface area contributed by atoms with Crippen molar-refractivity contribution in [2.24, 2.45) is 15.7 Å². The minimum Gasteiger partial charge on any atom is -0.454 e. The molecule has 0 bridgehead atoms. The molecule has 0 radical (unpaired) electrons. The summed E-state index contributed by atoms with van der Waals surface area (Å²) in [5.41, 5.74) is 9.11. The first kappa shape index (κ1) is 21.1. The van der Waals surface area contributed by atoms with Gasteiger partial charge in [-0.1, -0.05) is 12.1 Å². The molecule has 31 heavy (non-hydrogen) atoms. The predicted octanol–water partition coefficient (Wildman–Crippen LogP) is 2.36. The number of benzene rings is 2. The number of aryl methyl sites for hydroxylation is 1. The highest BCUT2D eigenvalue weighted by Gasteiger charge is 2.32. The lowest BCUT2D eigenvalue weighted by molar-refractivity contribution is 0.0671. The van der Waals surface area contributed by atoms with Crippen LogP contribution >= 0.6 is 12.4 Å². The summed E-state index contributed by atoms with van der Waals surface area (Å²) in [6.07, 6.45) is -0.470. The Morgan fingerprint density at radius 2 is 1.87 bits per heavy atom. The molecule has 10 heteroatoms. The van der Waals surface area contributed by atoms with E-state index in [2.05, 4.69) is 44.2 Å². The van der Waals surface area contributed by atoms with E-state index >= 15 is 0 Å². The van der Waals surface area contributed by atoms with Gasteiger partial charge < -0.3 is 30.2 Å². The van der Waals surface area contributed by atoms with Gasteiger partial charge in [0.1, 0.15) is 0 Å². The van der Waals surface area contributed by atoms with E-state index in [0.29, 0.717) is 19.0 Å². The van der Waals surface area contributed by atoms with E-state index < -0.39 is 6.29 Å². The van der Waals surface area contributed by atoms with Gasteiger partial charge in [-0.25, -0.2) is 4.99 Å². The molecule has 0 aliphatic carbocycles. The molecular weight excluding hydrogens is 420 g/mol. The molecule has 9 nitrogen and oxygen atoms in total. The molecule has 1 saturated heterocycles. The zero-order valence-electron chi connectivity index (χ0n) is 17.2. The Bertz CT molecular complexity index is 1010. The first-order valence-corrected chi connectivity index (χ1v) is 9.94. The smallest absolute Gasteiger partial charge is 0.231 e. The van der Waals surface area contributed by atoms with Crippen LogP contribution in [-0.2, 0) is 4.74 Å². The molecule has 1 fully saturated rings. The van der Waals surface area contributed by atoms with Gasteiger partial charge in [-0.05, 0) is 36.8 Å². The van der Waals surface area contributed by atoms with Crippen LogP contribution in [0.4, 0.5) is 11.4 Å². The Morgan fingerprint density at radius 1 is 1.06 bits per heavy atom. The molecule has 3 heterocycles. The average molecular weight is 445 g/mol. The predicted molar refractivity (Wildman–Crippen MR) is 122 cm³/mol. The summed E-state index contributed by atoms with van der Waals surface area (Å²) < 4.78 is 16.5. The van der Waals surface area contributed by atoms with Crippen molar-refractivity contribution >= 4 is 35.7 Å². The van der Waals surface area contributed by atoms with Crippen LogP contribution in [0.25, 0.3) is 0 Å². The van der Waals surface area contributed by atoms with Crippen LogP contribution in [0.15, 0.2) is 52.4 Å². The highest BCUT2D eigenvalue weighted by atomic mass is 35.5. The number of nitrogens with one attached hydrogen (secondary N) is 1. The first-order valence-electron chi connectivity index (χ1n) is 9.94. The highest BCUT2D eigenvalue weighted by Crippen LogP contribution is 2.35. The molecule has 3 aliphatic heterocycles. The van der Waals surface area contributed by atoms with Crippen molar-refractivity contribution in [1.29, 1.82) is 0 Å². The molecule has 0 spiro atoms. The van der Waals surface area contributed by atoms with E-state index in [4.69, 9.17) is 19.9 Å². The lowest BCUT2D eigenvalue weighted by atomic mass is 10.2. The maximum Gasteiger partial charge on any atom is 0.231 e. The van der Waals surface area contributed by atoms with Crippen LogP contribution in [0.1, 0.15) is 5.56 Å². The quantitative estimate of drug-likeness (QED) is 0.750. The van der Waals surface area contributed by atoms with Crippen molar-refractivity contribution in [3.05, 3.63) is 48.0 Å². The molecule has 0 saturated carbocycles. The van der Waals surface area contributed by atoms with E-state index in [0.717, 1.165) is 41.7 Å². The number of ether oxygens (including phenoxy) is 3. The Balaban J connectivity index is 0.00000231. The van der Waals surface area contributed by atoms with Gasteiger partial charge in [-0.3, -0.25) is 4.90 Å². The zero-order chi connectivity index (χ0) is 20.5. The molecule has 3 aliphatic rings. The second-order valence-electron chi connectivity index (χ2n) is 7.29. The van der Waals surface area contributed by atoms with E-state index in [1.54, 1.807) is 0 Å². The van der Waals surface area contributed by atoms with Gasteiger partial charge in [0.15, 0.2) is 11.5 Å². The molecule has 0 amide bonds. The highest BCUT2D eigenvalue weighted by molar-refractivity contribution is 6.06. The van der Waals surface area contributed by atoms with Gasteiger partial charge in [0.2, 0.25) is 25.0 Å². The Hall–Kier alpha value is -3.17. The summed E-state index contributed by atoms with van der Waals surface area (Å²) in [5, 5.41) is 3.46. The van der Waals surface area contributed by atoms with Gasteiger partial charge in [0.05, 0.1) is 13.2 Å². The van der Waals surface area contributed by atoms with Gasteiger partial charge in [-0.15, -0.1) is 12.4 Å². The fraction of sp³-hybridized carbons (Fsp3) is 0.333. The summed E-state index contributed by atoms with van der Waals surface area (Å²) in [7, 11) is 0. The lowest BCUT2D eigenvalue weighted by Gasteiger charge is -2.41. The number of morpholine rings is 1. The van der Waals surface area contributed by atoms with Crippen molar-refractivity contribution in [1.82, 2.24) is 4.90 Å². The maximum atomic E-state index is 6.13. The molecule has 5 rings (SSSR count). The third-order valence-electron chi connectivity index (χ3n) is 5.17. The Labute approximate surface area is 186 Å². The van der Waals surface area contributed by atoms with Crippen molar-refractivity contribution in [2.45, 2.75) is 13.2 Å². The molecule has 3 N–H and O–H groups in total. The molecule has 1 unspecified atom stereocenters. The minimum atomic E-state index is -0.470. The standard InChI is InChI=1S/C21H24N6O3.ClH/c1-14-3-2-4-16(11-14)27-20(23-15-5-6-17-18(12-15)30-13-29-17)24-19(22)25-21(27)26-7-9-28-10-8-26;/h2-6,11-12,20,23H,7-10,13H2,1H3,(H2,22,24);1H. The molecule has 1 atom stereocenters. The van der Waals surface area contributed by atoms with Gasteiger partial charge in [-0.2, -0.15) is 4.99 Å². The van der Waals surface area contributed by atoms with Gasteiger partial charge >= 0.3 is 0 Å². The van der Waals surface area contributed by atoms with E-state index in [-0.39, 0.29) is 25.2 Å². The number of nitrogens with zero attached hydrogens (tertiary/aromatic N) is 4. The van der Waals surface area contributed by atoms with Crippen LogP contribution in [0.5, 0.6) is 11.5 Å². The van der Waals surface area contributed by atoms with Gasteiger partial charge in [0, 0.05) is 30.5 Å². The molecular formula is C21H25ClN6O3. The van der Waals surface area contributed by atoms with Crippen molar-refractivity contribution < 1.29 is 14.2 Å². The average Bonchev–Trinajstić information content (AvgIpc) is 3.22. The molecule has 2 aromatic carbocycles. The zero-order valence-corrected chi connectivity index (χ0v) is 18.0. The molecule has 2 aromatic rings. The SMILES string of the molecule is Cc1cccc(N2C(N3CCOCC3)=NC(N)=NC2Nc2ccc3c(c2)OCO3)c1.Cl. The largest absolute Gasteiger partial charge is 0.454 e. The van der Waals surface area contributed by atoms with E-state index in [9.17, 15) is 0 Å². The lowest BCUT2D eigenvalue weighted by Crippen LogP contribution is -2.57. The Kier molecular flexibility index (Phi) is 6.06. The number of anilines is 2. The fourth-order valence-corrected chi connectivity index (χ4v) is 3.73. The number of nitrogens with two attached hydrogens (primary N) is 1. The number of hydrogen-bond donors (Lipinski definition) is 2.